The van der Waals surface area contributed by atoms with E-state index in [0.717, 1.165) is 32.4 Å². The molecule has 1 atom stereocenters. The second kappa shape index (κ2) is 6.20. The first-order valence-corrected chi connectivity index (χ1v) is 7.26. The van der Waals surface area contributed by atoms with Crippen LogP contribution in [0.15, 0.2) is 22.5 Å². The molecule has 18 heavy (non-hydrogen) atoms. The van der Waals surface area contributed by atoms with Gasteiger partial charge in [-0.1, -0.05) is 6.07 Å². The number of ether oxygens (including phenoxy) is 1. The number of nitrogens with zero attached hydrogens (tertiary/aromatic N) is 1. The van der Waals surface area contributed by atoms with E-state index in [1.807, 2.05) is 0 Å². The summed E-state index contributed by atoms with van der Waals surface area (Å²) in [6.07, 6.45) is 3.18. The number of thiophene rings is 1. The predicted molar refractivity (Wildman–Crippen MR) is 76.1 cm³/mol. The Kier molecular flexibility index (Phi) is 4.60. The third kappa shape index (κ3) is 3.99. The summed E-state index contributed by atoms with van der Waals surface area (Å²) in [5.74, 6) is 0.517. The third-order valence-electron chi connectivity index (χ3n) is 3.14. The molecular formula is C13H21N3OS. The van der Waals surface area contributed by atoms with Crippen LogP contribution in [0.4, 0.5) is 0 Å². The molecule has 1 saturated heterocycles. The second-order valence-electron chi connectivity index (χ2n) is 4.86. The maximum Gasteiger partial charge on any atom is 0.188 e. The van der Waals surface area contributed by atoms with Crippen molar-refractivity contribution < 1.29 is 4.74 Å². The minimum Gasteiger partial charge on any atom is -0.373 e. The number of guanidine groups is 1. The number of nitrogens with one attached hydrogen (secondary N) is 1. The van der Waals surface area contributed by atoms with Crippen molar-refractivity contribution in [3.8, 4) is 0 Å². The van der Waals surface area contributed by atoms with E-state index in [0.29, 0.717) is 12.5 Å². The molecule has 5 heteroatoms. The molecule has 0 aliphatic carbocycles. The standard InChI is InChI=1S/C13H21N3OS/c1-13(6-3-8-17-13)10-16-12(14)15-7-5-11-4-2-9-18-11/h2,4,9H,3,5-8,10H2,1H3,(H3,14,15,16). The largest absolute Gasteiger partial charge is 0.373 e. The van der Waals surface area contributed by atoms with E-state index in [1.165, 1.54) is 4.88 Å². The number of nitrogens with two attached hydrogens (primary N) is 1. The molecular weight excluding hydrogens is 246 g/mol. The number of hydrogen-bond donors (Lipinski definition) is 2. The van der Waals surface area contributed by atoms with Crippen molar-refractivity contribution >= 4 is 17.3 Å². The Morgan fingerprint density at radius 2 is 2.56 bits per heavy atom. The first-order valence-electron chi connectivity index (χ1n) is 6.38. The summed E-state index contributed by atoms with van der Waals surface area (Å²) in [6.45, 7) is 4.42. The highest BCUT2D eigenvalue weighted by Gasteiger charge is 2.29. The number of rotatable bonds is 5. The molecule has 0 saturated carbocycles. The van der Waals surface area contributed by atoms with Crippen LogP contribution in [-0.4, -0.2) is 31.3 Å². The van der Waals surface area contributed by atoms with Crippen molar-refractivity contribution in [3.63, 3.8) is 0 Å². The Labute approximate surface area is 112 Å². The lowest BCUT2D eigenvalue weighted by Crippen LogP contribution is -2.36. The highest BCUT2D eigenvalue weighted by molar-refractivity contribution is 7.09. The van der Waals surface area contributed by atoms with E-state index in [-0.39, 0.29) is 5.60 Å². The van der Waals surface area contributed by atoms with Crippen LogP contribution in [0.25, 0.3) is 0 Å². The van der Waals surface area contributed by atoms with Crippen LogP contribution in [0, 0.1) is 0 Å². The molecule has 1 aromatic rings. The minimum absolute atomic E-state index is 0.111. The average Bonchev–Trinajstić information content (AvgIpc) is 2.99. The van der Waals surface area contributed by atoms with E-state index in [1.54, 1.807) is 11.3 Å². The van der Waals surface area contributed by atoms with Gasteiger partial charge in [-0.3, -0.25) is 4.99 Å². The molecule has 2 heterocycles. The summed E-state index contributed by atoms with van der Waals surface area (Å²) in [7, 11) is 0. The molecule has 3 N–H and O–H groups in total. The summed E-state index contributed by atoms with van der Waals surface area (Å²) >= 11 is 1.77. The van der Waals surface area contributed by atoms with Crippen LogP contribution < -0.4 is 11.1 Å². The molecule has 1 aliphatic heterocycles. The first kappa shape index (κ1) is 13.4. The van der Waals surface area contributed by atoms with Crippen molar-refractivity contribution in [1.82, 2.24) is 5.32 Å². The highest BCUT2D eigenvalue weighted by Crippen LogP contribution is 2.24. The van der Waals surface area contributed by atoms with Crippen LogP contribution in [0.2, 0.25) is 0 Å². The summed E-state index contributed by atoms with van der Waals surface area (Å²) in [5.41, 5.74) is 5.73. The van der Waals surface area contributed by atoms with Gasteiger partial charge < -0.3 is 15.8 Å². The third-order valence-corrected chi connectivity index (χ3v) is 4.08. The van der Waals surface area contributed by atoms with Gasteiger partial charge in [-0.2, -0.15) is 0 Å². The fraction of sp³-hybridized carbons (Fsp3) is 0.615. The maximum atomic E-state index is 5.84. The molecule has 0 bridgehead atoms. The fourth-order valence-corrected chi connectivity index (χ4v) is 2.75. The lowest BCUT2D eigenvalue weighted by atomic mass is 10.0. The van der Waals surface area contributed by atoms with Crippen LogP contribution in [0.5, 0.6) is 0 Å². The van der Waals surface area contributed by atoms with E-state index >= 15 is 0 Å². The highest BCUT2D eigenvalue weighted by atomic mass is 32.1. The van der Waals surface area contributed by atoms with Crippen LogP contribution in [0.3, 0.4) is 0 Å². The second-order valence-corrected chi connectivity index (χ2v) is 5.89. The van der Waals surface area contributed by atoms with Crippen LogP contribution in [-0.2, 0) is 11.2 Å². The van der Waals surface area contributed by atoms with Crippen molar-refractivity contribution in [2.75, 3.05) is 19.7 Å². The van der Waals surface area contributed by atoms with Gasteiger partial charge in [-0.15, -0.1) is 11.3 Å². The molecule has 1 aromatic heterocycles. The predicted octanol–water partition coefficient (Wildman–Crippen LogP) is 1.76. The van der Waals surface area contributed by atoms with Crippen molar-refractivity contribution in [1.29, 1.82) is 0 Å². The molecule has 0 spiro atoms. The Morgan fingerprint density at radius 3 is 3.22 bits per heavy atom. The zero-order valence-electron chi connectivity index (χ0n) is 10.8. The van der Waals surface area contributed by atoms with Crippen molar-refractivity contribution in [2.45, 2.75) is 31.8 Å². The lowest BCUT2D eigenvalue weighted by molar-refractivity contribution is 0.0284. The van der Waals surface area contributed by atoms with E-state index in [9.17, 15) is 0 Å². The SMILES string of the molecule is CC1(CN=C(N)NCCc2cccs2)CCCO1. The van der Waals surface area contributed by atoms with Gasteiger partial charge in [0.1, 0.15) is 0 Å². The Bertz CT molecular complexity index is 383. The van der Waals surface area contributed by atoms with Gasteiger partial charge in [-0.25, -0.2) is 0 Å². The van der Waals surface area contributed by atoms with Gasteiger partial charge >= 0.3 is 0 Å². The topological polar surface area (TPSA) is 59.6 Å². The Hall–Kier alpha value is -1.07. The van der Waals surface area contributed by atoms with E-state index in [2.05, 4.69) is 34.7 Å². The smallest absolute Gasteiger partial charge is 0.188 e. The lowest BCUT2D eigenvalue weighted by Gasteiger charge is -2.20. The van der Waals surface area contributed by atoms with Gasteiger partial charge in [0, 0.05) is 18.0 Å². The monoisotopic (exact) mass is 267 g/mol. The van der Waals surface area contributed by atoms with Crippen LogP contribution >= 0.6 is 11.3 Å². The summed E-state index contributed by atoms with van der Waals surface area (Å²) in [6, 6.07) is 4.20. The number of hydrogen-bond acceptors (Lipinski definition) is 3. The Balaban J connectivity index is 1.69. The summed E-state index contributed by atoms with van der Waals surface area (Å²) in [4.78, 5) is 5.72. The first-order chi connectivity index (χ1) is 8.68. The van der Waals surface area contributed by atoms with E-state index in [4.69, 9.17) is 10.5 Å². The molecule has 100 valence electrons. The summed E-state index contributed by atoms with van der Waals surface area (Å²) < 4.78 is 5.67. The Morgan fingerprint density at radius 1 is 1.67 bits per heavy atom. The van der Waals surface area contributed by atoms with Gasteiger partial charge in [0.25, 0.3) is 0 Å². The van der Waals surface area contributed by atoms with Gasteiger partial charge in [0.2, 0.25) is 0 Å². The zero-order valence-corrected chi connectivity index (χ0v) is 11.6. The van der Waals surface area contributed by atoms with Crippen LogP contribution in [0.1, 0.15) is 24.6 Å². The fourth-order valence-electron chi connectivity index (χ4n) is 2.04. The van der Waals surface area contributed by atoms with Gasteiger partial charge in [0.15, 0.2) is 5.96 Å². The van der Waals surface area contributed by atoms with Gasteiger partial charge in [0.05, 0.1) is 12.1 Å². The maximum absolute atomic E-state index is 5.84. The molecule has 0 radical (unpaired) electrons. The molecule has 1 unspecified atom stereocenters. The molecule has 4 nitrogen and oxygen atoms in total. The summed E-state index contributed by atoms with van der Waals surface area (Å²) in [5, 5.41) is 5.23. The molecule has 1 aliphatic rings. The quantitative estimate of drug-likeness (QED) is 0.631. The molecule has 0 amide bonds. The number of aliphatic imine (C=N–C) groups is 1. The van der Waals surface area contributed by atoms with Crippen molar-refractivity contribution in [2.24, 2.45) is 10.7 Å². The van der Waals surface area contributed by atoms with Crippen molar-refractivity contribution in [3.05, 3.63) is 22.4 Å². The molecule has 0 aromatic carbocycles. The average molecular weight is 267 g/mol. The molecule has 2 rings (SSSR count). The van der Waals surface area contributed by atoms with E-state index < -0.39 is 0 Å². The normalized spacial score (nSPS) is 24.4. The zero-order chi connectivity index (χ0) is 12.8. The van der Waals surface area contributed by atoms with Gasteiger partial charge in [-0.05, 0) is 37.6 Å². The minimum atomic E-state index is -0.111. The molecule has 1 fully saturated rings.